The SMILES string of the molecule is Cl.c1ccc(CS[C@@H]2CCNC2)nc1. The predicted octanol–water partition coefficient (Wildman–Crippen LogP) is 2.10. The van der Waals surface area contributed by atoms with Gasteiger partial charge in [0.15, 0.2) is 0 Å². The molecule has 0 unspecified atom stereocenters. The number of hydrogen-bond acceptors (Lipinski definition) is 3. The van der Waals surface area contributed by atoms with Crippen molar-refractivity contribution in [2.24, 2.45) is 0 Å². The van der Waals surface area contributed by atoms with Gasteiger partial charge in [0.25, 0.3) is 0 Å². The lowest BCUT2D eigenvalue weighted by Gasteiger charge is -2.06. The first kappa shape index (κ1) is 11.8. The van der Waals surface area contributed by atoms with Crippen LogP contribution in [0.25, 0.3) is 0 Å². The molecule has 2 rings (SSSR count). The van der Waals surface area contributed by atoms with Crippen LogP contribution in [0.15, 0.2) is 24.4 Å². The third-order valence-corrected chi connectivity index (χ3v) is 3.54. The maximum Gasteiger partial charge on any atom is 0.0502 e. The van der Waals surface area contributed by atoms with Crippen molar-refractivity contribution in [1.29, 1.82) is 0 Å². The molecule has 0 spiro atoms. The third kappa shape index (κ3) is 3.48. The van der Waals surface area contributed by atoms with Gasteiger partial charge in [0.2, 0.25) is 0 Å². The Balaban J connectivity index is 0.000000980. The van der Waals surface area contributed by atoms with E-state index in [1.54, 1.807) is 0 Å². The van der Waals surface area contributed by atoms with E-state index in [4.69, 9.17) is 0 Å². The molecule has 0 aliphatic carbocycles. The Bertz CT molecular complexity index is 250. The Hall–Kier alpha value is -0.250. The molecule has 1 aromatic rings. The number of hydrogen-bond donors (Lipinski definition) is 1. The van der Waals surface area contributed by atoms with Gasteiger partial charge in [-0.05, 0) is 25.1 Å². The minimum atomic E-state index is 0. The maximum absolute atomic E-state index is 4.30. The number of halogens is 1. The topological polar surface area (TPSA) is 24.9 Å². The van der Waals surface area contributed by atoms with E-state index in [0.717, 1.165) is 17.5 Å². The van der Waals surface area contributed by atoms with Crippen LogP contribution < -0.4 is 5.32 Å². The zero-order valence-electron chi connectivity index (χ0n) is 7.98. The zero-order valence-corrected chi connectivity index (χ0v) is 9.61. The van der Waals surface area contributed by atoms with E-state index in [1.807, 2.05) is 24.0 Å². The third-order valence-electron chi connectivity index (χ3n) is 2.21. The standard InChI is InChI=1S/C10H14N2S.ClH/c1-2-5-12-9(3-1)8-13-10-4-6-11-7-10;/h1-3,5,10-11H,4,6-8H2;1H/t10-;/m1./s1. The molecule has 1 atom stereocenters. The second kappa shape index (κ2) is 6.27. The normalized spacial score (nSPS) is 20.4. The summed E-state index contributed by atoms with van der Waals surface area (Å²) in [5, 5.41) is 4.16. The lowest BCUT2D eigenvalue weighted by atomic mass is 10.4. The molecule has 4 heteroatoms. The van der Waals surface area contributed by atoms with Crippen LogP contribution in [0.5, 0.6) is 0 Å². The number of nitrogens with one attached hydrogen (secondary N) is 1. The molecule has 1 aliphatic heterocycles. The number of nitrogens with zero attached hydrogens (tertiary/aromatic N) is 1. The summed E-state index contributed by atoms with van der Waals surface area (Å²) in [6.07, 6.45) is 3.17. The second-order valence-electron chi connectivity index (χ2n) is 3.25. The molecule has 0 saturated carbocycles. The molecule has 14 heavy (non-hydrogen) atoms. The zero-order chi connectivity index (χ0) is 8.93. The second-order valence-corrected chi connectivity index (χ2v) is 4.54. The lowest BCUT2D eigenvalue weighted by Crippen LogP contribution is -2.10. The van der Waals surface area contributed by atoms with Gasteiger partial charge in [0, 0.05) is 23.7 Å². The minimum Gasteiger partial charge on any atom is -0.316 e. The van der Waals surface area contributed by atoms with Crippen molar-refractivity contribution in [3.8, 4) is 0 Å². The highest BCUT2D eigenvalue weighted by atomic mass is 35.5. The van der Waals surface area contributed by atoms with E-state index in [2.05, 4.69) is 22.4 Å². The van der Waals surface area contributed by atoms with Gasteiger partial charge < -0.3 is 5.32 Å². The van der Waals surface area contributed by atoms with Crippen molar-refractivity contribution >= 4 is 24.2 Å². The van der Waals surface area contributed by atoms with Crippen molar-refractivity contribution in [2.45, 2.75) is 17.4 Å². The lowest BCUT2D eigenvalue weighted by molar-refractivity contribution is 0.858. The fraction of sp³-hybridized carbons (Fsp3) is 0.500. The van der Waals surface area contributed by atoms with E-state index in [0.29, 0.717) is 0 Å². The molecule has 78 valence electrons. The van der Waals surface area contributed by atoms with Gasteiger partial charge >= 0.3 is 0 Å². The van der Waals surface area contributed by atoms with Gasteiger partial charge in [-0.15, -0.1) is 12.4 Å². The first-order chi connectivity index (χ1) is 6.45. The van der Waals surface area contributed by atoms with Crippen molar-refractivity contribution in [3.63, 3.8) is 0 Å². The van der Waals surface area contributed by atoms with Gasteiger partial charge in [0.1, 0.15) is 0 Å². The van der Waals surface area contributed by atoms with Gasteiger partial charge in [-0.3, -0.25) is 4.98 Å². The molecule has 0 aromatic carbocycles. The molecular weight excluding hydrogens is 216 g/mol. The summed E-state index contributed by atoms with van der Waals surface area (Å²) in [5.41, 5.74) is 1.19. The van der Waals surface area contributed by atoms with Crippen LogP contribution in [0.3, 0.4) is 0 Å². The van der Waals surface area contributed by atoms with E-state index >= 15 is 0 Å². The molecular formula is C10H15ClN2S. The molecule has 1 fully saturated rings. The van der Waals surface area contributed by atoms with Crippen molar-refractivity contribution in [3.05, 3.63) is 30.1 Å². The van der Waals surface area contributed by atoms with Crippen LogP contribution in [0.4, 0.5) is 0 Å². The highest BCUT2D eigenvalue weighted by Crippen LogP contribution is 2.20. The van der Waals surface area contributed by atoms with Crippen molar-refractivity contribution in [2.75, 3.05) is 13.1 Å². The van der Waals surface area contributed by atoms with Gasteiger partial charge in [-0.1, -0.05) is 6.07 Å². The van der Waals surface area contributed by atoms with E-state index in [1.165, 1.54) is 18.7 Å². The van der Waals surface area contributed by atoms with Gasteiger partial charge in [0.05, 0.1) is 5.69 Å². The number of aromatic nitrogens is 1. The van der Waals surface area contributed by atoms with Crippen LogP contribution in [0.2, 0.25) is 0 Å². The summed E-state index contributed by atoms with van der Waals surface area (Å²) in [6, 6.07) is 6.11. The average Bonchev–Trinajstić information content (AvgIpc) is 2.69. The number of pyridine rings is 1. The summed E-state index contributed by atoms with van der Waals surface area (Å²) in [4.78, 5) is 4.30. The predicted molar refractivity (Wildman–Crippen MR) is 64.1 cm³/mol. The first-order valence-electron chi connectivity index (χ1n) is 4.67. The molecule has 1 N–H and O–H groups in total. The van der Waals surface area contributed by atoms with Crippen LogP contribution in [0, 0.1) is 0 Å². The fourth-order valence-corrected chi connectivity index (χ4v) is 2.55. The van der Waals surface area contributed by atoms with Crippen LogP contribution in [0.1, 0.15) is 12.1 Å². The Morgan fingerprint density at radius 1 is 1.50 bits per heavy atom. The van der Waals surface area contributed by atoms with Crippen LogP contribution in [-0.4, -0.2) is 23.3 Å². The summed E-state index contributed by atoms with van der Waals surface area (Å²) >= 11 is 2.01. The Morgan fingerprint density at radius 3 is 3.07 bits per heavy atom. The quantitative estimate of drug-likeness (QED) is 0.861. The van der Waals surface area contributed by atoms with Crippen LogP contribution >= 0.6 is 24.2 Å². The summed E-state index contributed by atoms with van der Waals surface area (Å²) in [5.74, 6) is 1.05. The molecule has 0 radical (unpaired) electrons. The molecule has 1 aromatic heterocycles. The van der Waals surface area contributed by atoms with Crippen LogP contribution in [-0.2, 0) is 5.75 Å². The van der Waals surface area contributed by atoms with Gasteiger partial charge in [-0.2, -0.15) is 11.8 Å². The smallest absolute Gasteiger partial charge is 0.0502 e. The first-order valence-corrected chi connectivity index (χ1v) is 5.72. The monoisotopic (exact) mass is 230 g/mol. The largest absolute Gasteiger partial charge is 0.316 e. The highest BCUT2D eigenvalue weighted by Gasteiger charge is 2.14. The van der Waals surface area contributed by atoms with Gasteiger partial charge in [-0.25, -0.2) is 0 Å². The molecule has 2 heterocycles. The van der Waals surface area contributed by atoms with E-state index in [-0.39, 0.29) is 12.4 Å². The maximum atomic E-state index is 4.30. The molecule has 0 bridgehead atoms. The minimum absolute atomic E-state index is 0. The molecule has 1 saturated heterocycles. The van der Waals surface area contributed by atoms with E-state index in [9.17, 15) is 0 Å². The molecule has 2 nitrogen and oxygen atoms in total. The average molecular weight is 231 g/mol. The Labute approximate surface area is 95.3 Å². The summed E-state index contributed by atoms with van der Waals surface area (Å²) < 4.78 is 0. The number of rotatable bonds is 3. The Kier molecular flexibility index (Phi) is 5.30. The molecule has 0 amide bonds. The van der Waals surface area contributed by atoms with Crippen molar-refractivity contribution < 1.29 is 0 Å². The van der Waals surface area contributed by atoms with Crippen molar-refractivity contribution in [1.82, 2.24) is 10.3 Å². The van der Waals surface area contributed by atoms with E-state index < -0.39 is 0 Å². The summed E-state index contributed by atoms with van der Waals surface area (Å²) in [7, 11) is 0. The fourth-order valence-electron chi connectivity index (χ4n) is 1.46. The Morgan fingerprint density at radius 2 is 2.43 bits per heavy atom. The summed E-state index contributed by atoms with van der Waals surface area (Å²) in [6.45, 7) is 2.34. The number of thioether (sulfide) groups is 1. The highest BCUT2D eigenvalue weighted by molar-refractivity contribution is 7.99. The molecule has 1 aliphatic rings.